The molecule has 31 heavy (non-hydrogen) atoms. The molecule has 0 aliphatic carbocycles. The molecule has 0 N–H and O–H groups in total. The number of benzene rings is 3. The van der Waals surface area contributed by atoms with Crippen LogP contribution in [0.4, 0.5) is 17.1 Å². The third-order valence-electron chi connectivity index (χ3n) is 4.91. The minimum absolute atomic E-state index is 0.0462. The van der Waals surface area contributed by atoms with Gasteiger partial charge in [0.15, 0.2) is 5.17 Å². The molecule has 1 aliphatic rings. The first kappa shape index (κ1) is 20.6. The van der Waals surface area contributed by atoms with E-state index >= 15 is 0 Å². The van der Waals surface area contributed by atoms with Crippen LogP contribution in [0.3, 0.4) is 0 Å². The van der Waals surface area contributed by atoms with Crippen LogP contribution >= 0.6 is 11.8 Å². The molecule has 154 valence electrons. The summed E-state index contributed by atoms with van der Waals surface area (Å²) in [5, 5.41) is 11.9. The molecule has 0 aromatic heterocycles. The lowest BCUT2D eigenvalue weighted by molar-refractivity contribution is -0.385. The van der Waals surface area contributed by atoms with Crippen molar-refractivity contribution in [1.82, 2.24) is 0 Å². The van der Waals surface area contributed by atoms with E-state index in [1.54, 1.807) is 29.2 Å². The maximum atomic E-state index is 13.4. The molecule has 0 radical (unpaired) electrons. The van der Waals surface area contributed by atoms with Crippen molar-refractivity contribution in [1.29, 1.82) is 0 Å². The van der Waals surface area contributed by atoms with E-state index in [1.165, 1.54) is 17.8 Å². The lowest BCUT2D eigenvalue weighted by Crippen LogP contribution is -2.29. The second-order valence-corrected chi connectivity index (χ2v) is 8.04. The van der Waals surface area contributed by atoms with Gasteiger partial charge in [0, 0.05) is 6.07 Å². The van der Waals surface area contributed by atoms with Crippen molar-refractivity contribution in [3.05, 3.63) is 105 Å². The van der Waals surface area contributed by atoms with E-state index < -0.39 is 4.92 Å². The molecule has 0 saturated carbocycles. The standard InChI is InChI=1S/C24H19N3O3S/c1-16-9-3-6-12-19(16)25-24-26(20-13-7-4-10-17(20)2)23(28)22(31-24)15-18-11-5-8-14-21(18)27(29)30/h3-15H,1-2H3/b22-15-,25-24?. The molecule has 0 unspecified atom stereocenters. The van der Waals surface area contributed by atoms with Crippen molar-refractivity contribution in [2.45, 2.75) is 13.8 Å². The third-order valence-corrected chi connectivity index (χ3v) is 5.88. The second-order valence-electron chi connectivity index (χ2n) is 7.03. The largest absolute Gasteiger partial charge is 0.276 e. The van der Waals surface area contributed by atoms with Crippen molar-refractivity contribution >= 4 is 46.0 Å². The van der Waals surface area contributed by atoms with E-state index in [2.05, 4.69) is 0 Å². The first-order valence-corrected chi connectivity index (χ1v) is 10.4. The summed E-state index contributed by atoms with van der Waals surface area (Å²) in [7, 11) is 0. The van der Waals surface area contributed by atoms with Crippen LogP contribution in [0.25, 0.3) is 6.08 Å². The minimum atomic E-state index is -0.446. The SMILES string of the molecule is Cc1ccccc1N=C1S/C(=C\c2ccccc2[N+](=O)[O-])C(=O)N1c1ccccc1C. The number of thioether (sulfide) groups is 1. The number of carbonyl (C=O) groups is 1. The van der Waals surface area contributed by atoms with Gasteiger partial charge in [-0.1, -0.05) is 48.5 Å². The van der Waals surface area contributed by atoms with Crippen LogP contribution in [0.5, 0.6) is 0 Å². The fourth-order valence-corrected chi connectivity index (χ4v) is 4.26. The molecule has 1 heterocycles. The van der Waals surface area contributed by atoms with Crippen molar-refractivity contribution in [3.63, 3.8) is 0 Å². The number of amidine groups is 1. The number of aryl methyl sites for hydroxylation is 2. The summed E-state index contributed by atoms with van der Waals surface area (Å²) in [6.45, 7) is 3.89. The fourth-order valence-electron chi connectivity index (χ4n) is 3.28. The summed E-state index contributed by atoms with van der Waals surface area (Å²) in [4.78, 5) is 31.1. The van der Waals surface area contributed by atoms with Crippen LogP contribution in [-0.2, 0) is 4.79 Å². The molecule has 3 aromatic carbocycles. The maximum absolute atomic E-state index is 13.4. The molecule has 1 saturated heterocycles. The van der Waals surface area contributed by atoms with Gasteiger partial charge in [-0.2, -0.15) is 0 Å². The average Bonchev–Trinajstić information content (AvgIpc) is 3.05. The lowest BCUT2D eigenvalue weighted by atomic mass is 10.1. The van der Waals surface area contributed by atoms with Gasteiger partial charge >= 0.3 is 0 Å². The summed E-state index contributed by atoms with van der Waals surface area (Å²) >= 11 is 1.21. The van der Waals surface area contributed by atoms with Crippen LogP contribution in [-0.4, -0.2) is 16.0 Å². The lowest BCUT2D eigenvalue weighted by Gasteiger charge is -2.18. The van der Waals surface area contributed by atoms with E-state index in [4.69, 9.17) is 4.99 Å². The molecule has 6 nitrogen and oxygen atoms in total. The Morgan fingerprint density at radius 3 is 2.29 bits per heavy atom. The monoisotopic (exact) mass is 429 g/mol. The Bertz CT molecular complexity index is 1250. The highest BCUT2D eigenvalue weighted by atomic mass is 32.2. The molecule has 1 amide bonds. The Morgan fingerprint density at radius 2 is 1.58 bits per heavy atom. The van der Waals surface area contributed by atoms with Crippen LogP contribution in [0, 0.1) is 24.0 Å². The molecule has 0 atom stereocenters. The Balaban J connectivity index is 1.85. The van der Waals surface area contributed by atoms with Gasteiger partial charge in [0.25, 0.3) is 11.6 Å². The van der Waals surface area contributed by atoms with Crippen LogP contribution in [0.1, 0.15) is 16.7 Å². The predicted molar refractivity (Wildman–Crippen MR) is 126 cm³/mol. The number of nitro groups is 1. The number of hydrogen-bond donors (Lipinski definition) is 0. The number of para-hydroxylation sites is 3. The van der Waals surface area contributed by atoms with E-state index in [-0.39, 0.29) is 11.6 Å². The Labute approximate surface area is 184 Å². The summed E-state index contributed by atoms with van der Waals surface area (Å²) in [5.41, 5.74) is 3.76. The van der Waals surface area contributed by atoms with Crippen molar-refractivity contribution in [3.8, 4) is 0 Å². The van der Waals surface area contributed by atoms with Gasteiger partial charge in [0.1, 0.15) is 0 Å². The molecule has 0 spiro atoms. The number of aliphatic imine (C=N–C) groups is 1. The zero-order chi connectivity index (χ0) is 22.0. The van der Waals surface area contributed by atoms with Crippen molar-refractivity contribution in [2.75, 3.05) is 4.90 Å². The normalized spacial score (nSPS) is 16.3. The van der Waals surface area contributed by atoms with Gasteiger partial charge in [-0.25, -0.2) is 4.99 Å². The number of carbonyl (C=O) groups excluding carboxylic acids is 1. The molecule has 4 rings (SSSR count). The van der Waals surface area contributed by atoms with E-state index in [1.807, 2.05) is 62.4 Å². The minimum Gasteiger partial charge on any atom is -0.268 e. The van der Waals surface area contributed by atoms with Gasteiger partial charge < -0.3 is 0 Å². The van der Waals surface area contributed by atoms with Gasteiger partial charge in [0.05, 0.1) is 26.8 Å². The Kier molecular flexibility index (Phi) is 5.68. The number of nitrogens with zero attached hydrogens (tertiary/aromatic N) is 3. The van der Waals surface area contributed by atoms with Crippen molar-refractivity contribution < 1.29 is 9.72 Å². The van der Waals surface area contributed by atoms with Crippen LogP contribution in [0.15, 0.2) is 82.7 Å². The fraction of sp³-hybridized carbons (Fsp3) is 0.0833. The molecule has 0 bridgehead atoms. The van der Waals surface area contributed by atoms with E-state index in [9.17, 15) is 14.9 Å². The molecular weight excluding hydrogens is 410 g/mol. The highest BCUT2D eigenvalue weighted by Crippen LogP contribution is 2.39. The zero-order valence-electron chi connectivity index (χ0n) is 17.0. The quantitative estimate of drug-likeness (QED) is 0.289. The summed E-state index contributed by atoms with van der Waals surface area (Å²) in [6, 6.07) is 21.7. The second kappa shape index (κ2) is 8.57. The summed E-state index contributed by atoms with van der Waals surface area (Å²) < 4.78 is 0. The summed E-state index contributed by atoms with van der Waals surface area (Å²) in [6.07, 6.45) is 1.57. The van der Waals surface area contributed by atoms with E-state index in [0.29, 0.717) is 15.6 Å². The van der Waals surface area contributed by atoms with Gasteiger partial charge in [-0.15, -0.1) is 0 Å². The topological polar surface area (TPSA) is 75.8 Å². The molecule has 1 aliphatic heterocycles. The third kappa shape index (κ3) is 4.13. The van der Waals surface area contributed by atoms with Gasteiger partial charge in [0.2, 0.25) is 0 Å². The Hall–Kier alpha value is -3.71. The molecule has 1 fully saturated rings. The number of nitro benzene ring substituents is 1. The highest BCUT2D eigenvalue weighted by molar-refractivity contribution is 8.19. The smallest absolute Gasteiger partial charge is 0.268 e. The summed E-state index contributed by atoms with van der Waals surface area (Å²) in [5.74, 6) is -0.259. The van der Waals surface area contributed by atoms with Gasteiger partial charge in [-0.3, -0.25) is 19.8 Å². The van der Waals surface area contributed by atoms with Gasteiger partial charge in [-0.05, 0) is 61.0 Å². The number of anilines is 1. The average molecular weight is 430 g/mol. The predicted octanol–water partition coefficient (Wildman–Crippen LogP) is 6.02. The first-order valence-electron chi connectivity index (χ1n) is 9.63. The number of hydrogen-bond acceptors (Lipinski definition) is 5. The number of rotatable bonds is 4. The highest BCUT2D eigenvalue weighted by Gasteiger charge is 2.36. The maximum Gasteiger partial charge on any atom is 0.276 e. The van der Waals surface area contributed by atoms with Crippen molar-refractivity contribution in [2.24, 2.45) is 4.99 Å². The molecular formula is C24H19N3O3S. The molecule has 7 heteroatoms. The first-order chi connectivity index (χ1) is 15.0. The Morgan fingerprint density at radius 1 is 0.935 bits per heavy atom. The zero-order valence-corrected chi connectivity index (χ0v) is 17.8. The van der Waals surface area contributed by atoms with E-state index in [0.717, 1.165) is 22.5 Å². The molecule has 3 aromatic rings. The number of amides is 1. The van der Waals surface area contributed by atoms with Crippen LogP contribution < -0.4 is 4.90 Å². The van der Waals surface area contributed by atoms with Crippen LogP contribution in [0.2, 0.25) is 0 Å².